The highest BCUT2D eigenvalue weighted by Gasteiger charge is 1.96. The van der Waals surface area contributed by atoms with E-state index in [0.29, 0.717) is 6.04 Å². The van der Waals surface area contributed by atoms with Crippen LogP contribution in [-0.4, -0.2) is 17.5 Å². The van der Waals surface area contributed by atoms with Crippen molar-refractivity contribution in [3.63, 3.8) is 0 Å². The Labute approximate surface area is 74.5 Å². The maximum absolute atomic E-state index is 5.56. The van der Waals surface area contributed by atoms with Gasteiger partial charge in [0.1, 0.15) is 0 Å². The molecule has 1 nitrogen and oxygen atoms in total. The predicted molar refractivity (Wildman–Crippen MR) is 53.1 cm³/mol. The first-order valence-electron chi connectivity index (χ1n) is 3.46. The largest absolute Gasteiger partial charge is 0.327 e. The highest BCUT2D eigenvalue weighted by molar-refractivity contribution is 7.99. The molecule has 0 amide bonds. The van der Waals surface area contributed by atoms with Crippen molar-refractivity contribution < 1.29 is 0 Å². The van der Waals surface area contributed by atoms with Crippen LogP contribution in [0.25, 0.3) is 0 Å². The van der Waals surface area contributed by atoms with Gasteiger partial charge in [0, 0.05) is 11.8 Å². The Morgan fingerprint density at radius 3 is 2.00 bits per heavy atom. The van der Waals surface area contributed by atoms with E-state index in [1.54, 1.807) is 0 Å². The van der Waals surface area contributed by atoms with Gasteiger partial charge in [-0.1, -0.05) is 13.8 Å². The van der Waals surface area contributed by atoms with Crippen molar-refractivity contribution in [2.24, 2.45) is 11.7 Å². The van der Waals surface area contributed by atoms with Crippen molar-refractivity contribution in [2.75, 3.05) is 11.5 Å². The summed E-state index contributed by atoms with van der Waals surface area (Å²) in [7, 11) is 0. The Kier molecular flexibility index (Phi) is 10.2. The minimum absolute atomic E-state index is 0. The Bertz CT molecular complexity index is 58.6. The second-order valence-corrected chi connectivity index (χ2v) is 3.98. The molecule has 64 valence electrons. The van der Waals surface area contributed by atoms with E-state index in [0.717, 1.165) is 11.7 Å². The molecule has 0 aliphatic rings. The third-order valence-electron chi connectivity index (χ3n) is 0.832. The molecule has 0 spiro atoms. The third kappa shape index (κ3) is 11.4. The lowest BCUT2D eigenvalue weighted by Gasteiger charge is -2.05. The van der Waals surface area contributed by atoms with Gasteiger partial charge in [0.25, 0.3) is 0 Å². The molecule has 0 heterocycles. The van der Waals surface area contributed by atoms with E-state index < -0.39 is 0 Å². The van der Waals surface area contributed by atoms with Gasteiger partial charge >= 0.3 is 0 Å². The summed E-state index contributed by atoms with van der Waals surface area (Å²) < 4.78 is 0. The molecule has 0 aliphatic heterocycles. The van der Waals surface area contributed by atoms with Gasteiger partial charge in [0.05, 0.1) is 0 Å². The fourth-order valence-electron chi connectivity index (χ4n) is 0.490. The van der Waals surface area contributed by atoms with Crippen molar-refractivity contribution >= 4 is 24.2 Å². The molecule has 10 heavy (non-hydrogen) atoms. The molecule has 0 aromatic carbocycles. The average molecular weight is 184 g/mol. The lowest BCUT2D eigenvalue weighted by molar-refractivity contribution is 0.747. The van der Waals surface area contributed by atoms with Crippen LogP contribution >= 0.6 is 24.2 Å². The van der Waals surface area contributed by atoms with Gasteiger partial charge in [-0.25, -0.2) is 0 Å². The molecular weight excluding hydrogens is 166 g/mol. The zero-order valence-electron chi connectivity index (χ0n) is 6.96. The summed E-state index contributed by atoms with van der Waals surface area (Å²) in [6.45, 7) is 6.51. The quantitative estimate of drug-likeness (QED) is 0.723. The molecule has 0 bridgehead atoms. The van der Waals surface area contributed by atoms with Crippen LogP contribution in [0.5, 0.6) is 0 Å². The summed E-state index contributed by atoms with van der Waals surface area (Å²) in [5.41, 5.74) is 5.56. The molecule has 0 aliphatic carbocycles. The molecule has 0 radical (unpaired) electrons. The summed E-state index contributed by atoms with van der Waals surface area (Å²) in [5.74, 6) is 3.13. The lowest BCUT2D eigenvalue weighted by Crippen LogP contribution is -2.18. The van der Waals surface area contributed by atoms with E-state index in [9.17, 15) is 0 Å². The molecule has 2 N–H and O–H groups in total. The van der Waals surface area contributed by atoms with Gasteiger partial charge in [-0.05, 0) is 18.6 Å². The number of hydrogen-bond acceptors (Lipinski definition) is 2. The Morgan fingerprint density at radius 1 is 1.20 bits per heavy atom. The van der Waals surface area contributed by atoms with E-state index >= 15 is 0 Å². The van der Waals surface area contributed by atoms with Crippen LogP contribution in [0.15, 0.2) is 0 Å². The Hall–Kier alpha value is 0.600. The van der Waals surface area contributed by atoms with E-state index in [4.69, 9.17) is 5.73 Å². The molecular formula is C7H18ClNS. The Balaban J connectivity index is 0. The first kappa shape index (κ1) is 13.2. The molecule has 1 atom stereocenters. The van der Waals surface area contributed by atoms with Crippen molar-refractivity contribution in [3.05, 3.63) is 0 Å². The highest BCUT2D eigenvalue weighted by atomic mass is 35.5. The van der Waals surface area contributed by atoms with Crippen molar-refractivity contribution in [1.82, 2.24) is 0 Å². The van der Waals surface area contributed by atoms with E-state index in [2.05, 4.69) is 13.8 Å². The van der Waals surface area contributed by atoms with Crippen LogP contribution in [0, 0.1) is 5.92 Å². The third-order valence-corrected chi connectivity index (χ3v) is 2.50. The van der Waals surface area contributed by atoms with Crippen LogP contribution < -0.4 is 5.73 Å². The van der Waals surface area contributed by atoms with Crippen molar-refractivity contribution in [1.29, 1.82) is 0 Å². The first-order valence-corrected chi connectivity index (χ1v) is 4.61. The van der Waals surface area contributed by atoms with Crippen LogP contribution in [0.1, 0.15) is 20.8 Å². The van der Waals surface area contributed by atoms with Crippen molar-refractivity contribution in [2.45, 2.75) is 26.8 Å². The smallest absolute Gasteiger partial charge is 0.0101 e. The maximum Gasteiger partial charge on any atom is 0.0101 e. The number of hydrogen-bond donors (Lipinski definition) is 1. The summed E-state index contributed by atoms with van der Waals surface area (Å²) in [6, 6.07) is 0.355. The number of halogens is 1. The van der Waals surface area contributed by atoms with Crippen LogP contribution in [-0.2, 0) is 0 Å². The molecule has 0 rings (SSSR count). The average Bonchev–Trinajstić information content (AvgIpc) is 1.63. The maximum atomic E-state index is 5.56. The number of thioether (sulfide) groups is 1. The normalized spacial score (nSPS) is 12.9. The fourth-order valence-corrected chi connectivity index (χ4v) is 1.47. The summed E-state index contributed by atoms with van der Waals surface area (Å²) in [5, 5.41) is 0. The van der Waals surface area contributed by atoms with Gasteiger partial charge < -0.3 is 5.73 Å². The van der Waals surface area contributed by atoms with Gasteiger partial charge in [0.2, 0.25) is 0 Å². The summed E-state index contributed by atoms with van der Waals surface area (Å²) in [6.07, 6.45) is 0. The van der Waals surface area contributed by atoms with E-state index in [-0.39, 0.29) is 12.4 Å². The molecule has 0 fully saturated rings. The fraction of sp³-hybridized carbons (Fsp3) is 1.00. The molecule has 0 aromatic rings. The molecule has 0 saturated carbocycles. The second kappa shape index (κ2) is 7.70. The summed E-state index contributed by atoms with van der Waals surface area (Å²) >= 11 is 1.94. The van der Waals surface area contributed by atoms with Crippen LogP contribution in [0.4, 0.5) is 0 Å². The highest BCUT2D eigenvalue weighted by Crippen LogP contribution is 2.07. The van der Waals surface area contributed by atoms with Crippen molar-refractivity contribution in [3.8, 4) is 0 Å². The zero-order chi connectivity index (χ0) is 7.28. The van der Waals surface area contributed by atoms with Crippen LogP contribution in [0.2, 0.25) is 0 Å². The monoisotopic (exact) mass is 183 g/mol. The number of rotatable bonds is 4. The van der Waals surface area contributed by atoms with E-state index in [1.165, 1.54) is 5.75 Å². The SMILES string of the molecule is CC(C)CSC[C@@H](C)N.Cl. The molecule has 0 saturated heterocycles. The zero-order valence-corrected chi connectivity index (χ0v) is 8.60. The van der Waals surface area contributed by atoms with Crippen LogP contribution in [0.3, 0.4) is 0 Å². The Morgan fingerprint density at radius 2 is 1.70 bits per heavy atom. The predicted octanol–water partition coefficient (Wildman–Crippen LogP) is 2.14. The minimum atomic E-state index is 0. The lowest BCUT2D eigenvalue weighted by atomic mass is 10.3. The van der Waals surface area contributed by atoms with Gasteiger partial charge in [-0.2, -0.15) is 11.8 Å². The number of nitrogens with two attached hydrogens (primary N) is 1. The van der Waals surface area contributed by atoms with Gasteiger partial charge in [-0.3, -0.25) is 0 Å². The molecule has 0 aromatic heterocycles. The second-order valence-electron chi connectivity index (χ2n) is 2.91. The molecule has 0 unspecified atom stereocenters. The standard InChI is InChI=1S/C7H17NS.ClH/c1-6(2)4-9-5-7(3)8;/h6-7H,4-5,8H2,1-3H3;1H/t7-;/m1./s1. The van der Waals surface area contributed by atoms with Gasteiger partial charge in [-0.15, -0.1) is 12.4 Å². The summed E-state index contributed by atoms with van der Waals surface area (Å²) in [4.78, 5) is 0. The molecule has 3 heteroatoms. The first-order chi connectivity index (χ1) is 4.13. The topological polar surface area (TPSA) is 26.0 Å². The minimum Gasteiger partial charge on any atom is -0.327 e. The van der Waals surface area contributed by atoms with E-state index in [1.807, 2.05) is 18.7 Å². The van der Waals surface area contributed by atoms with Gasteiger partial charge in [0.15, 0.2) is 0 Å².